The molecule has 42 heavy (non-hydrogen) atoms. The minimum atomic E-state index is -0.678. The maximum Gasteiger partial charge on any atom is 0.243 e. The number of carbonyl (C=O) groups is 3. The first kappa shape index (κ1) is 30.3. The fourth-order valence-electron chi connectivity index (χ4n) is 6.05. The summed E-state index contributed by atoms with van der Waals surface area (Å²) in [7, 11) is 1.59. The van der Waals surface area contributed by atoms with Crippen LogP contribution in [0.15, 0.2) is 42.5 Å². The van der Waals surface area contributed by atoms with E-state index in [2.05, 4.69) is 43.2 Å². The second-order valence-corrected chi connectivity index (χ2v) is 12.5. The van der Waals surface area contributed by atoms with Crippen LogP contribution in [0.25, 0.3) is 0 Å². The summed E-state index contributed by atoms with van der Waals surface area (Å²) >= 11 is 1.30. The Balaban J connectivity index is 1.29. The molecule has 3 atom stereocenters. The lowest BCUT2D eigenvalue weighted by Gasteiger charge is -2.40. The molecule has 3 N–H and O–H groups in total. The predicted octanol–water partition coefficient (Wildman–Crippen LogP) is 2.30. The molecule has 2 fully saturated rings. The van der Waals surface area contributed by atoms with Crippen LogP contribution < -0.4 is 16.0 Å². The summed E-state index contributed by atoms with van der Waals surface area (Å²) in [5.41, 5.74) is 0.403. The Morgan fingerprint density at radius 3 is 2.76 bits per heavy atom. The largest absolute Gasteiger partial charge is 0.381 e. The Labute approximate surface area is 250 Å². The molecular weight excluding hydrogens is 556 g/mol. The third-order valence-corrected chi connectivity index (χ3v) is 9.26. The second kappa shape index (κ2) is 14.3. The minimum absolute atomic E-state index is 0.0622. The highest BCUT2D eigenvalue weighted by Crippen LogP contribution is 2.36. The van der Waals surface area contributed by atoms with E-state index < -0.39 is 11.5 Å². The van der Waals surface area contributed by atoms with Crippen molar-refractivity contribution in [2.24, 2.45) is 11.3 Å². The van der Waals surface area contributed by atoms with Crippen molar-refractivity contribution in [2.75, 3.05) is 45.3 Å². The van der Waals surface area contributed by atoms with Gasteiger partial charge in [0, 0.05) is 45.9 Å². The van der Waals surface area contributed by atoms with Crippen LogP contribution in [0.2, 0.25) is 0 Å². The van der Waals surface area contributed by atoms with Crippen molar-refractivity contribution in [3.8, 4) is 0 Å². The van der Waals surface area contributed by atoms with E-state index in [4.69, 9.17) is 9.47 Å². The van der Waals surface area contributed by atoms with Gasteiger partial charge in [0.1, 0.15) is 17.7 Å². The van der Waals surface area contributed by atoms with Gasteiger partial charge in [-0.05, 0) is 43.6 Å². The topological polar surface area (TPSA) is 135 Å². The standard InChI is InChI=1S/C30H40N6O5S/c1-40-20-26-34-35-29(42-26)33-25(37)19-36-14-10-23-22(18-36)9-5-6-11-30(12-15-41-16-13-30)28(39)32-24(27(38)31-23)17-21-7-3-2-4-8-21/h2-8,22-24H,9-20H2,1H3,(H,31,38)(H,32,39)(H,33,35,37)/b6-5+/t22-,23+,24+/m0/s1. The van der Waals surface area contributed by atoms with Crippen LogP contribution in [-0.2, 0) is 36.9 Å². The summed E-state index contributed by atoms with van der Waals surface area (Å²) in [6.07, 6.45) is 7.99. The molecule has 11 nitrogen and oxygen atoms in total. The number of nitrogens with zero attached hydrogens (tertiary/aromatic N) is 3. The van der Waals surface area contributed by atoms with Crippen LogP contribution in [0.3, 0.4) is 0 Å². The zero-order valence-electron chi connectivity index (χ0n) is 24.0. The first-order chi connectivity index (χ1) is 20.4. The number of ether oxygens (including phenoxy) is 2. The number of hydrogen-bond acceptors (Lipinski definition) is 9. The van der Waals surface area contributed by atoms with Gasteiger partial charge >= 0.3 is 0 Å². The fraction of sp³-hybridized carbons (Fsp3) is 0.567. The molecular formula is C30H40N6O5S. The van der Waals surface area contributed by atoms with Gasteiger partial charge in [-0.1, -0.05) is 53.8 Å². The zero-order valence-corrected chi connectivity index (χ0v) is 24.9. The van der Waals surface area contributed by atoms with E-state index in [-0.39, 0.29) is 36.2 Å². The summed E-state index contributed by atoms with van der Waals surface area (Å²) in [5, 5.41) is 18.5. The first-order valence-corrected chi connectivity index (χ1v) is 15.5. The SMILES string of the molecule is COCc1nnc(NC(=O)CN2CC[C@H]3NC(=O)[C@@H](Cc4ccccc4)NC(=O)C4(C/C=C/C[C@H]3C2)CCOCC4)s1. The van der Waals surface area contributed by atoms with E-state index >= 15 is 0 Å². The summed E-state index contributed by atoms with van der Waals surface area (Å²) in [6.45, 7) is 2.99. The highest BCUT2D eigenvalue weighted by atomic mass is 32.1. The quantitative estimate of drug-likeness (QED) is 0.415. The molecule has 0 aliphatic carbocycles. The number of hydrogen-bond donors (Lipinski definition) is 3. The average molecular weight is 597 g/mol. The summed E-state index contributed by atoms with van der Waals surface area (Å²) in [6, 6.07) is 9.05. The number of methoxy groups -OCH3 is 1. The van der Waals surface area contributed by atoms with Gasteiger partial charge in [0.2, 0.25) is 22.9 Å². The van der Waals surface area contributed by atoms with E-state index in [1.165, 1.54) is 11.3 Å². The zero-order chi connectivity index (χ0) is 29.4. The van der Waals surface area contributed by atoms with Gasteiger partial charge in [-0.15, -0.1) is 10.2 Å². The highest BCUT2D eigenvalue weighted by Gasteiger charge is 2.41. The summed E-state index contributed by atoms with van der Waals surface area (Å²) in [5.74, 6) is -0.259. The van der Waals surface area contributed by atoms with Crippen LogP contribution in [0.5, 0.6) is 0 Å². The van der Waals surface area contributed by atoms with Gasteiger partial charge < -0.3 is 20.1 Å². The maximum absolute atomic E-state index is 13.8. The van der Waals surface area contributed by atoms with Crippen LogP contribution in [-0.4, -0.2) is 84.9 Å². The second-order valence-electron chi connectivity index (χ2n) is 11.4. The molecule has 5 rings (SSSR count). The number of amides is 3. The average Bonchev–Trinajstić information content (AvgIpc) is 3.43. The Hall–Kier alpha value is -3.19. The Kier molecular flexibility index (Phi) is 10.3. The minimum Gasteiger partial charge on any atom is -0.381 e. The van der Waals surface area contributed by atoms with Gasteiger partial charge in [0.15, 0.2) is 0 Å². The van der Waals surface area contributed by atoms with Crippen molar-refractivity contribution in [1.29, 1.82) is 0 Å². The van der Waals surface area contributed by atoms with E-state index in [1.54, 1.807) is 7.11 Å². The number of benzene rings is 1. The number of nitrogens with one attached hydrogen (secondary N) is 3. The Morgan fingerprint density at radius 2 is 1.98 bits per heavy atom. The van der Waals surface area contributed by atoms with Crippen molar-refractivity contribution in [3.05, 3.63) is 53.1 Å². The normalized spacial score (nSPS) is 25.8. The number of fused-ring (bicyclic) bond motifs is 1. The van der Waals surface area contributed by atoms with Crippen LogP contribution in [0, 0.1) is 11.3 Å². The third kappa shape index (κ3) is 7.80. The molecule has 3 amide bonds. The maximum atomic E-state index is 13.8. The van der Waals surface area contributed by atoms with E-state index in [1.807, 2.05) is 30.3 Å². The monoisotopic (exact) mass is 596 g/mol. The van der Waals surface area contributed by atoms with Gasteiger partial charge in [-0.2, -0.15) is 0 Å². The smallest absolute Gasteiger partial charge is 0.243 e. The molecule has 0 bridgehead atoms. The fourth-order valence-corrected chi connectivity index (χ4v) is 6.78. The predicted molar refractivity (Wildman–Crippen MR) is 159 cm³/mol. The molecule has 12 heteroatoms. The number of rotatable bonds is 7. The Bertz CT molecular complexity index is 1250. The lowest BCUT2D eigenvalue weighted by atomic mass is 9.75. The molecule has 3 aliphatic rings. The lowest BCUT2D eigenvalue weighted by molar-refractivity contribution is -0.140. The number of aromatic nitrogens is 2. The summed E-state index contributed by atoms with van der Waals surface area (Å²) < 4.78 is 10.7. The molecule has 0 radical (unpaired) electrons. The van der Waals surface area contributed by atoms with Crippen molar-refractivity contribution in [1.82, 2.24) is 25.7 Å². The van der Waals surface area contributed by atoms with Crippen molar-refractivity contribution in [3.63, 3.8) is 0 Å². The van der Waals surface area contributed by atoms with E-state index in [9.17, 15) is 14.4 Å². The molecule has 1 aromatic heterocycles. The van der Waals surface area contributed by atoms with E-state index in [0.29, 0.717) is 75.2 Å². The third-order valence-electron chi connectivity index (χ3n) is 8.44. The molecule has 2 aromatic rings. The van der Waals surface area contributed by atoms with Gasteiger partial charge in [-0.25, -0.2) is 0 Å². The van der Waals surface area contributed by atoms with Crippen LogP contribution >= 0.6 is 11.3 Å². The molecule has 0 saturated carbocycles. The van der Waals surface area contributed by atoms with Crippen LogP contribution in [0.4, 0.5) is 5.13 Å². The number of allylic oxidation sites excluding steroid dienone is 2. The molecule has 0 unspecified atom stereocenters. The lowest BCUT2D eigenvalue weighted by Crippen LogP contribution is -2.58. The number of likely N-dealkylation sites (tertiary alicyclic amines) is 1. The molecule has 1 spiro atoms. The van der Waals surface area contributed by atoms with Gasteiger partial charge in [0.25, 0.3) is 0 Å². The molecule has 3 aliphatic heterocycles. The molecule has 2 saturated heterocycles. The Morgan fingerprint density at radius 1 is 1.17 bits per heavy atom. The van der Waals surface area contributed by atoms with Gasteiger partial charge in [0.05, 0.1) is 12.0 Å². The number of anilines is 1. The number of carbonyl (C=O) groups excluding carboxylic acids is 3. The van der Waals surface area contributed by atoms with Crippen molar-refractivity contribution < 1.29 is 23.9 Å². The molecule has 226 valence electrons. The van der Waals surface area contributed by atoms with E-state index in [0.717, 1.165) is 12.0 Å². The number of piperidine rings is 1. The first-order valence-electron chi connectivity index (χ1n) is 14.7. The van der Waals surface area contributed by atoms with Crippen LogP contribution in [0.1, 0.15) is 42.7 Å². The van der Waals surface area contributed by atoms with Gasteiger partial charge in [-0.3, -0.25) is 24.6 Å². The highest BCUT2D eigenvalue weighted by molar-refractivity contribution is 7.15. The molecule has 4 heterocycles. The summed E-state index contributed by atoms with van der Waals surface area (Å²) in [4.78, 5) is 42.4. The molecule has 1 aromatic carbocycles. The van der Waals surface area contributed by atoms with Crippen molar-refractivity contribution in [2.45, 2.75) is 57.2 Å². The van der Waals surface area contributed by atoms with Crippen molar-refractivity contribution >= 4 is 34.2 Å².